The molecule has 108 heavy (non-hydrogen) atoms. The van der Waals surface area contributed by atoms with Gasteiger partial charge in [-0.15, -0.1) is 0 Å². The second-order valence-corrected chi connectivity index (χ2v) is 26.7. The van der Waals surface area contributed by atoms with Gasteiger partial charge in [0.15, 0.2) is 5.60 Å². The summed E-state index contributed by atoms with van der Waals surface area (Å²) in [5.74, 6) is -8.54. The average molecular weight is 1510 g/mol. The van der Waals surface area contributed by atoms with E-state index >= 15 is 4.39 Å². The number of hydrogen-bond donors (Lipinski definition) is 10. The van der Waals surface area contributed by atoms with Crippen LogP contribution in [0.5, 0.6) is 0 Å². The van der Waals surface area contributed by atoms with Gasteiger partial charge < -0.3 is 96.0 Å². The quantitative estimate of drug-likeness (QED) is 0.0108. The Balaban J connectivity index is 0.732. The van der Waals surface area contributed by atoms with Gasteiger partial charge in [-0.1, -0.05) is 32.9 Å². The maximum atomic E-state index is 15.5. The largest absolute Gasteiger partial charge is 0.464 e. The van der Waals surface area contributed by atoms with Gasteiger partial charge in [0.2, 0.25) is 41.4 Å². The first-order valence-corrected chi connectivity index (χ1v) is 35.5. The van der Waals surface area contributed by atoms with Crippen molar-refractivity contribution in [2.24, 2.45) is 11.7 Å². The van der Waals surface area contributed by atoms with E-state index in [0.717, 1.165) is 22.0 Å². The molecule has 4 aliphatic heterocycles. The van der Waals surface area contributed by atoms with Gasteiger partial charge in [-0.05, 0) is 85.4 Å². The smallest absolute Gasteiger partial charge is 0.410 e. The lowest BCUT2D eigenvalue weighted by molar-refractivity contribution is -0.172. The Labute approximate surface area is 618 Å². The fourth-order valence-electron chi connectivity index (χ4n) is 12.9. The van der Waals surface area contributed by atoms with Crippen LogP contribution >= 0.6 is 0 Å². The molecule has 6 heterocycles. The van der Waals surface area contributed by atoms with Gasteiger partial charge in [-0.3, -0.25) is 52.8 Å². The van der Waals surface area contributed by atoms with Crippen LogP contribution in [0, 0.1) is 18.7 Å². The molecule has 5 aliphatic rings. The topological polar surface area (TPSA) is 470 Å². The van der Waals surface area contributed by atoms with Crippen LogP contribution < -0.4 is 53.8 Å². The number of amides is 12. The molecule has 11 N–H and O–H groups in total. The highest BCUT2D eigenvalue weighted by Gasteiger charge is 2.46. The Bertz CT molecular complexity index is 4190. The van der Waals surface area contributed by atoms with E-state index in [4.69, 9.17) is 43.9 Å². The minimum Gasteiger partial charge on any atom is -0.464 e. The highest BCUT2D eigenvalue weighted by molar-refractivity contribution is 6.13. The number of benzene rings is 2. The number of pyridine rings is 2. The minimum absolute atomic E-state index is 0.0133. The number of imide groups is 1. The summed E-state index contributed by atoms with van der Waals surface area (Å²) in [6.45, 7) is 6.89. The SMILES string of the molecule is CC[C@@]1(O)C(=O)OCc2c1cc1n(c2=O)Cc2c-1nc1cc(F)c(C)c3c1c2[C@@H](NC(=O)CN(C)C(=O)OCc1ccc(NC(=O)[C@H](CCCNC(N)=O)NC(=O)[C@@H](NC(=O)[C@H](CC(=O)N[C@H]2CCOC2=O)NC(=O)CCOCCOCCOCCOCCNC(=O)CCN2C(=O)C=CC2=O)C(C)C)cc1)CC3. The number of anilines is 1. The summed E-state index contributed by atoms with van der Waals surface area (Å²) >= 11 is 0. The number of primary amides is 1. The van der Waals surface area contributed by atoms with Crippen molar-refractivity contribution in [3.63, 3.8) is 0 Å². The number of aromatic nitrogens is 2. The Kier molecular flexibility index (Phi) is 28.3. The molecule has 35 nitrogen and oxygen atoms in total. The number of rotatable bonds is 39. The maximum absolute atomic E-state index is 15.5. The molecular weight excluding hydrogens is 1420 g/mol. The van der Waals surface area contributed by atoms with E-state index in [1.54, 1.807) is 45.9 Å². The number of urea groups is 1. The van der Waals surface area contributed by atoms with Gasteiger partial charge in [0.1, 0.15) is 49.7 Å². The van der Waals surface area contributed by atoms with Crippen LogP contribution in [0.4, 0.5) is 19.7 Å². The molecule has 0 saturated carbocycles. The van der Waals surface area contributed by atoms with Crippen molar-refractivity contribution in [3.05, 3.63) is 104 Å². The summed E-state index contributed by atoms with van der Waals surface area (Å²) in [6.07, 6.45) is 1.33. The van der Waals surface area contributed by atoms with Crippen molar-refractivity contribution in [3.8, 4) is 11.4 Å². The number of esters is 2. The van der Waals surface area contributed by atoms with E-state index in [1.165, 1.54) is 29.8 Å². The molecule has 0 unspecified atom stereocenters. The molecule has 1 aliphatic carbocycles. The molecule has 2 aromatic heterocycles. The van der Waals surface area contributed by atoms with Gasteiger partial charge in [-0.2, -0.15) is 0 Å². The molecule has 582 valence electrons. The molecule has 4 aromatic rings. The molecule has 0 radical (unpaired) electrons. The van der Waals surface area contributed by atoms with Gasteiger partial charge in [0.25, 0.3) is 17.4 Å². The molecule has 9 rings (SSSR count). The molecule has 2 aromatic carbocycles. The zero-order valence-electron chi connectivity index (χ0n) is 60.5. The lowest BCUT2D eigenvalue weighted by atomic mass is 9.81. The Morgan fingerprint density at radius 3 is 2.08 bits per heavy atom. The first-order chi connectivity index (χ1) is 51.6. The number of cyclic esters (lactones) is 2. The number of aryl methyl sites for hydroxylation is 1. The van der Waals surface area contributed by atoms with Gasteiger partial charge in [0, 0.05) is 86.4 Å². The Morgan fingerprint density at radius 2 is 1.43 bits per heavy atom. The number of hydrogen-bond acceptors (Lipinski definition) is 23. The fraction of sp³-hybridized carbons (Fsp3) is 0.514. The Hall–Kier alpha value is -10.8. The lowest BCUT2D eigenvalue weighted by Crippen LogP contribution is -2.58. The molecule has 0 bridgehead atoms. The maximum Gasteiger partial charge on any atom is 0.410 e. The van der Waals surface area contributed by atoms with Crippen LogP contribution in [0.15, 0.2) is 53.3 Å². The van der Waals surface area contributed by atoms with Crippen molar-refractivity contribution in [1.82, 2.24) is 56.6 Å². The van der Waals surface area contributed by atoms with Crippen molar-refractivity contribution in [2.75, 3.05) is 98.0 Å². The number of aliphatic hydroxyl groups is 1. The number of likely N-dealkylation sites (N-methyl/N-ethyl adjacent to an activating group) is 1. The summed E-state index contributed by atoms with van der Waals surface area (Å²) in [4.78, 5) is 189. The third-order valence-electron chi connectivity index (χ3n) is 18.8. The molecule has 1 fully saturated rings. The number of nitrogens with two attached hydrogens (primary N) is 1. The number of carbonyl (C=O) groups is 13. The highest BCUT2D eigenvalue weighted by Crippen LogP contribution is 2.46. The molecule has 6 atom stereocenters. The molecule has 0 spiro atoms. The van der Waals surface area contributed by atoms with Crippen LogP contribution in [0.3, 0.4) is 0 Å². The summed E-state index contributed by atoms with van der Waals surface area (Å²) in [5, 5.41) is 33.2. The van der Waals surface area contributed by atoms with E-state index in [9.17, 15) is 72.2 Å². The second-order valence-electron chi connectivity index (χ2n) is 26.7. The molecule has 12 amide bonds. The number of carbonyl (C=O) groups excluding carboxylic acids is 13. The Morgan fingerprint density at radius 1 is 0.750 bits per heavy atom. The van der Waals surface area contributed by atoms with Crippen molar-refractivity contribution >= 4 is 93.8 Å². The standard InChI is InChI=1S/C72H90FN13O22/c1-6-72(101)46-32-53-63-44(35-86(53)67(96)45(46)38-107-69(72)98)61-48(14-13-43-40(4)47(73)33-51(81-63)60(43)61)78-57(90)36-84(5)71(100)108-37-41-9-11-42(12-10-41)77-64(93)49(8-7-20-76-70(74)99)82-66(95)62(39(2)3)83-65(94)52(34-56(89)79-50-18-24-106-68(50)97)80-55(88)19-23-102-26-28-104-30-31-105-29-27-103-25-21-75-54(87)17-22-85-58(91)15-16-59(85)92/h9-12,15-16,32-33,39,48-50,52,62,101H,6-8,13-14,17-31,34-38H2,1-5H3,(H,75,87)(H,77,93)(H,78,90)(H,79,89)(H,80,88)(H,82,95)(H,83,94)(H3,74,76,99)/t48-,49-,50-,52-,62-,72-/m0/s1. The van der Waals surface area contributed by atoms with Crippen molar-refractivity contribution in [1.29, 1.82) is 0 Å². The number of nitrogens with zero attached hydrogens (tertiary/aromatic N) is 4. The number of halogens is 1. The van der Waals surface area contributed by atoms with Crippen LogP contribution in [0.2, 0.25) is 0 Å². The predicted octanol–water partition coefficient (Wildman–Crippen LogP) is 0.106. The number of fused-ring (bicyclic) bond motifs is 5. The zero-order valence-corrected chi connectivity index (χ0v) is 60.5. The molecule has 36 heteroatoms. The van der Waals surface area contributed by atoms with Gasteiger partial charge in [-0.25, -0.2) is 28.6 Å². The molecule has 1 saturated heterocycles. The van der Waals surface area contributed by atoms with E-state index in [-0.39, 0.29) is 166 Å². The van der Waals surface area contributed by atoms with E-state index in [0.29, 0.717) is 57.4 Å². The zero-order chi connectivity index (χ0) is 77.9. The fourth-order valence-corrected chi connectivity index (χ4v) is 12.9. The van der Waals surface area contributed by atoms with Crippen molar-refractivity contribution < 1.29 is 105 Å². The van der Waals surface area contributed by atoms with E-state index in [2.05, 4.69) is 42.5 Å². The van der Waals surface area contributed by atoms with Crippen molar-refractivity contribution in [2.45, 2.75) is 141 Å². The monoisotopic (exact) mass is 1510 g/mol. The average Bonchev–Trinajstić information content (AvgIpc) is 1.50. The van der Waals surface area contributed by atoms with Crippen LogP contribution in [0.1, 0.15) is 117 Å². The van der Waals surface area contributed by atoms with Crippen LogP contribution in [-0.4, -0.2) is 219 Å². The predicted molar refractivity (Wildman–Crippen MR) is 377 cm³/mol. The van der Waals surface area contributed by atoms with Crippen LogP contribution in [-0.2, 0) is 118 Å². The first kappa shape index (κ1) is 81.3. The summed E-state index contributed by atoms with van der Waals surface area (Å²) in [5.41, 5.74) is 6.86. The first-order valence-electron chi connectivity index (χ1n) is 35.5. The summed E-state index contributed by atoms with van der Waals surface area (Å²) in [6, 6.07) is 2.21. The normalized spacial score (nSPS) is 17.5. The third kappa shape index (κ3) is 20.7. The summed E-state index contributed by atoms with van der Waals surface area (Å²) in [7, 11) is 1.37. The molecular formula is C72H90FN13O22. The second kappa shape index (κ2) is 37.6. The number of ether oxygens (including phenoxy) is 7. The van der Waals surface area contributed by atoms with E-state index < -0.39 is 137 Å². The number of nitrogens with one attached hydrogen (secondary N) is 8. The van der Waals surface area contributed by atoms with Gasteiger partial charge >= 0.3 is 24.1 Å². The lowest BCUT2D eigenvalue weighted by Gasteiger charge is -2.31. The summed E-state index contributed by atoms with van der Waals surface area (Å²) < 4.78 is 54.7. The minimum atomic E-state index is -2.08. The van der Waals surface area contributed by atoms with Crippen LogP contribution in [0.25, 0.3) is 22.3 Å². The van der Waals surface area contributed by atoms with Gasteiger partial charge in [0.05, 0.1) is 101 Å². The third-order valence-corrected chi connectivity index (χ3v) is 18.8. The van der Waals surface area contributed by atoms with E-state index in [1.807, 2.05) is 0 Å². The highest BCUT2D eigenvalue weighted by atomic mass is 19.1.